The van der Waals surface area contributed by atoms with Crippen LogP contribution in [0.25, 0.3) is 10.8 Å². The number of fused-ring (bicyclic) bond motifs is 2. The van der Waals surface area contributed by atoms with E-state index < -0.39 is 35.6 Å². The van der Waals surface area contributed by atoms with Gasteiger partial charge in [-0.15, -0.1) is 5.06 Å². The molecule has 2 N–H and O–H groups in total. The summed E-state index contributed by atoms with van der Waals surface area (Å²) in [5.41, 5.74) is -0.464. The fourth-order valence-corrected chi connectivity index (χ4v) is 4.48. The van der Waals surface area contributed by atoms with Gasteiger partial charge < -0.3 is 24.8 Å². The largest absolute Gasteiger partial charge is 0.490 e. The second-order valence-corrected chi connectivity index (χ2v) is 10.9. The second kappa shape index (κ2) is 11.0. The Morgan fingerprint density at radius 1 is 1.05 bits per heavy atom. The molecule has 0 spiro atoms. The third-order valence-electron chi connectivity index (χ3n) is 6.55. The zero-order chi connectivity index (χ0) is 29.3. The standard InChI is InChI=1S/C29H30N4O8/c1-29(2,3)40-27(36)23(41-33-25(34)21-6-4-5-7-22(21)26(33)35)16-39-20-9-8-18-11-24(31-13-19(18)10-20)30-12-17-14-32(15-17)28(37)38/h4-11,13,17,23H,12,14-16H2,1-3H3,(H,30,31)(H,37,38). The molecule has 3 aromatic rings. The molecule has 1 atom stereocenters. The lowest BCUT2D eigenvalue weighted by molar-refractivity contribution is -0.193. The van der Waals surface area contributed by atoms with Crippen molar-refractivity contribution in [2.75, 3.05) is 31.6 Å². The highest BCUT2D eigenvalue weighted by Gasteiger charge is 2.40. The normalized spacial score (nSPS) is 15.9. The number of carbonyl (C=O) groups is 4. The van der Waals surface area contributed by atoms with E-state index in [0.717, 1.165) is 10.8 Å². The fraction of sp³-hybridized carbons (Fsp3) is 0.345. The number of pyridine rings is 1. The summed E-state index contributed by atoms with van der Waals surface area (Å²) in [6.07, 6.45) is -0.633. The minimum absolute atomic E-state index is 0.187. The molecule has 0 aliphatic carbocycles. The maximum Gasteiger partial charge on any atom is 0.407 e. The monoisotopic (exact) mass is 562 g/mol. The van der Waals surface area contributed by atoms with E-state index in [0.29, 0.717) is 36.3 Å². The number of likely N-dealkylation sites (tertiary alicyclic amines) is 1. The van der Waals surface area contributed by atoms with Crippen LogP contribution in [0, 0.1) is 5.92 Å². The molecule has 1 saturated heterocycles. The van der Waals surface area contributed by atoms with Gasteiger partial charge in [0.05, 0.1) is 11.1 Å². The Balaban J connectivity index is 1.24. The van der Waals surface area contributed by atoms with E-state index in [-0.39, 0.29) is 23.7 Å². The molecule has 12 nitrogen and oxygen atoms in total. The van der Waals surface area contributed by atoms with Crippen LogP contribution in [0.1, 0.15) is 41.5 Å². The Hall–Kier alpha value is -4.71. The Morgan fingerprint density at radius 3 is 2.37 bits per heavy atom. The SMILES string of the molecule is CC(C)(C)OC(=O)C(COc1ccc2cc(NCC3CN(C(=O)O)C3)ncc2c1)ON1C(=O)c2ccccc2C1=O. The summed E-state index contributed by atoms with van der Waals surface area (Å²) in [6, 6.07) is 13.5. The van der Waals surface area contributed by atoms with Crippen molar-refractivity contribution < 1.29 is 38.6 Å². The van der Waals surface area contributed by atoms with Crippen LogP contribution < -0.4 is 10.1 Å². The molecule has 1 fully saturated rings. The topological polar surface area (TPSA) is 148 Å². The Morgan fingerprint density at radius 2 is 1.73 bits per heavy atom. The number of aromatic nitrogens is 1. The predicted octanol–water partition coefficient (Wildman–Crippen LogP) is 3.57. The van der Waals surface area contributed by atoms with Crippen LogP contribution in [0.15, 0.2) is 54.7 Å². The molecular formula is C29H30N4O8. The lowest BCUT2D eigenvalue weighted by atomic mass is 10.0. The van der Waals surface area contributed by atoms with E-state index >= 15 is 0 Å². The van der Waals surface area contributed by atoms with Gasteiger partial charge in [0.1, 0.15) is 23.8 Å². The van der Waals surface area contributed by atoms with Crippen molar-refractivity contribution in [3.63, 3.8) is 0 Å². The number of benzene rings is 2. The van der Waals surface area contributed by atoms with E-state index in [1.54, 1.807) is 51.2 Å². The first-order valence-electron chi connectivity index (χ1n) is 13.1. The van der Waals surface area contributed by atoms with E-state index in [2.05, 4.69) is 10.3 Å². The minimum atomic E-state index is -1.40. The number of nitrogens with zero attached hydrogens (tertiary/aromatic N) is 3. The first kappa shape index (κ1) is 27.8. The maximum atomic E-state index is 13.0. The number of imide groups is 1. The minimum Gasteiger partial charge on any atom is -0.490 e. The number of anilines is 1. The van der Waals surface area contributed by atoms with Gasteiger partial charge in [0.25, 0.3) is 11.8 Å². The van der Waals surface area contributed by atoms with Gasteiger partial charge in [0.2, 0.25) is 6.10 Å². The second-order valence-electron chi connectivity index (χ2n) is 10.9. The number of esters is 1. The number of hydrogen-bond donors (Lipinski definition) is 2. The molecule has 3 heterocycles. The average molecular weight is 563 g/mol. The quantitative estimate of drug-likeness (QED) is 0.293. The van der Waals surface area contributed by atoms with Crippen LogP contribution >= 0.6 is 0 Å². The molecule has 1 aromatic heterocycles. The van der Waals surface area contributed by atoms with Gasteiger partial charge in [-0.2, -0.15) is 0 Å². The van der Waals surface area contributed by atoms with Crippen molar-refractivity contribution in [3.8, 4) is 5.75 Å². The van der Waals surface area contributed by atoms with E-state index in [4.69, 9.17) is 19.4 Å². The Bertz CT molecular complexity index is 1480. The van der Waals surface area contributed by atoms with Gasteiger partial charge in [-0.3, -0.25) is 9.59 Å². The van der Waals surface area contributed by atoms with E-state index in [9.17, 15) is 19.2 Å². The molecule has 0 bridgehead atoms. The molecular weight excluding hydrogens is 532 g/mol. The molecule has 1 unspecified atom stereocenters. The van der Waals surface area contributed by atoms with Crippen molar-refractivity contribution in [2.24, 2.45) is 5.92 Å². The average Bonchev–Trinajstić information content (AvgIpc) is 3.13. The third kappa shape index (κ3) is 6.22. The number of nitrogens with one attached hydrogen (secondary N) is 1. The first-order valence-corrected chi connectivity index (χ1v) is 13.1. The number of amides is 3. The predicted molar refractivity (Wildman–Crippen MR) is 146 cm³/mol. The summed E-state index contributed by atoms with van der Waals surface area (Å²) in [7, 11) is 0. The zero-order valence-electron chi connectivity index (χ0n) is 22.8. The molecule has 2 aliphatic rings. The molecule has 3 amide bonds. The lowest BCUT2D eigenvalue weighted by Gasteiger charge is -2.37. The maximum absolute atomic E-state index is 13.0. The van der Waals surface area contributed by atoms with Crippen molar-refractivity contribution >= 4 is 40.5 Å². The van der Waals surface area contributed by atoms with Gasteiger partial charge in [-0.1, -0.05) is 18.2 Å². The smallest absolute Gasteiger partial charge is 0.407 e. The molecule has 5 rings (SSSR count). The molecule has 0 saturated carbocycles. The van der Waals surface area contributed by atoms with Gasteiger partial charge in [-0.05, 0) is 56.5 Å². The van der Waals surface area contributed by atoms with E-state index in [1.807, 2.05) is 12.1 Å². The van der Waals surface area contributed by atoms with Crippen molar-refractivity contribution in [2.45, 2.75) is 32.5 Å². The third-order valence-corrected chi connectivity index (χ3v) is 6.55. The van der Waals surface area contributed by atoms with Crippen molar-refractivity contribution in [1.82, 2.24) is 14.9 Å². The Labute approximate surface area is 235 Å². The summed E-state index contributed by atoms with van der Waals surface area (Å²) in [4.78, 5) is 60.9. The highest BCUT2D eigenvalue weighted by molar-refractivity contribution is 6.20. The van der Waals surface area contributed by atoms with Crippen molar-refractivity contribution in [1.29, 1.82) is 0 Å². The van der Waals surface area contributed by atoms with Crippen molar-refractivity contribution in [3.05, 3.63) is 65.9 Å². The number of carboxylic acid groups (broad SMARTS) is 1. The molecule has 2 aliphatic heterocycles. The van der Waals surface area contributed by atoms with Crippen LogP contribution in [0.5, 0.6) is 5.75 Å². The highest BCUT2D eigenvalue weighted by atomic mass is 16.7. The van der Waals surface area contributed by atoms with Crippen LogP contribution in [0.4, 0.5) is 10.6 Å². The molecule has 0 radical (unpaired) electrons. The highest BCUT2D eigenvalue weighted by Crippen LogP contribution is 2.26. The fourth-order valence-electron chi connectivity index (χ4n) is 4.48. The van der Waals surface area contributed by atoms with E-state index in [1.165, 1.54) is 17.0 Å². The summed E-state index contributed by atoms with van der Waals surface area (Å²) in [6.45, 7) is 6.37. The number of carbonyl (C=O) groups excluding carboxylic acids is 3. The first-order chi connectivity index (χ1) is 19.5. The van der Waals surface area contributed by atoms with Gasteiger partial charge in [-0.25, -0.2) is 19.4 Å². The Kier molecular flexibility index (Phi) is 7.50. The van der Waals surface area contributed by atoms with Crippen LogP contribution in [0.2, 0.25) is 0 Å². The van der Waals surface area contributed by atoms with Crippen LogP contribution in [0.3, 0.4) is 0 Å². The van der Waals surface area contributed by atoms with Gasteiger partial charge in [0, 0.05) is 37.1 Å². The number of hydroxylamine groups is 2. The number of ether oxygens (including phenoxy) is 2. The number of rotatable bonds is 9. The summed E-state index contributed by atoms with van der Waals surface area (Å²) in [5.74, 6) is -0.805. The van der Waals surface area contributed by atoms with Gasteiger partial charge in [0.15, 0.2) is 0 Å². The molecule has 2 aromatic carbocycles. The lowest BCUT2D eigenvalue weighted by Crippen LogP contribution is -2.51. The van der Waals surface area contributed by atoms with Crippen LogP contribution in [-0.4, -0.2) is 81.9 Å². The molecule has 214 valence electrons. The summed E-state index contributed by atoms with van der Waals surface area (Å²) in [5, 5.41) is 14.4. The van der Waals surface area contributed by atoms with Crippen LogP contribution in [-0.2, 0) is 14.4 Å². The molecule has 41 heavy (non-hydrogen) atoms. The zero-order valence-corrected chi connectivity index (χ0v) is 22.8. The van der Waals surface area contributed by atoms with Gasteiger partial charge >= 0.3 is 12.1 Å². The number of hydrogen-bond acceptors (Lipinski definition) is 9. The summed E-state index contributed by atoms with van der Waals surface area (Å²) >= 11 is 0. The summed E-state index contributed by atoms with van der Waals surface area (Å²) < 4.78 is 11.3. The molecule has 12 heteroatoms.